The molecule has 0 amide bonds. The van der Waals surface area contributed by atoms with E-state index in [1.165, 1.54) is 0 Å². The fourth-order valence-corrected chi connectivity index (χ4v) is 2.11. The first-order valence-electron chi connectivity index (χ1n) is 7.11. The van der Waals surface area contributed by atoms with E-state index in [4.69, 9.17) is 19.7 Å². The van der Waals surface area contributed by atoms with Crippen molar-refractivity contribution in [1.82, 2.24) is 0 Å². The summed E-state index contributed by atoms with van der Waals surface area (Å²) in [6, 6.07) is 0. The van der Waals surface area contributed by atoms with Crippen LogP contribution in [-0.4, -0.2) is 126 Å². The van der Waals surface area contributed by atoms with Crippen LogP contribution < -0.4 is 0 Å². The van der Waals surface area contributed by atoms with Crippen LogP contribution in [-0.2, 0) is 9.47 Å². The highest BCUT2D eigenvalue weighted by Gasteiger charge is 2.54. The molecule has 0 spiro atoms. The maximum Gasteiger partial charge on any atom is 0.311 e. The Kier molecular flexibility index (Phi) is 7.86. The molecule has 0 bridgehead atoms. The summed E-state index contributed by atoms with van der Waals surface area (Å²) in [5.41, 5.74) is 0. The number of aliphatic hydroxyl groups is 10. The molecular formula is C12H24O12. The number of aliphatic hydroxyl groups excluding tert-OH is 9. The normalized spacial score (nSPS) is 39.2. The van der Waals surface area contributed by atoms with Gasteiger partial charge in [0.2, 0.25) is 0 Å². The number of hydrogen-bond donors (Lipinski definition) is 10. The van der Waals surface area contributed by atoms with Crippen molar-refractivity contribution in [2.24, 2.45) is 0 Å². The lowest BCUT2D eigenvalue weighted by atomic mass is 9.97. The van der Waals surface area contributed by atoms with Crippen molar-refractivity contribution in [3.05, 3.63) is 0 Å². The SMILES string of the molecule is OC[C@@H](O)[C@@H](O)[C@H](O)[C@@H](O)COC1(O)O[C@H](CO)[C@@H](O)[C@H](O)[C@H]1O. The van der Waals surface area contributed by atoms with Crippen molar-refractivity contribution in [2.45, 2.75) is 54.8 Å². The van der Waals surface area contributed by atoms with Gasteiger partial charge in [0, 0.05) is 0 Å². The molecule has 144 valence electrons. The van der Waals surface area contributed by atoms with Gasteiger partial charge in [0.1, 0.15) is 42.7 Å². The predicted octanol–water partition coefficient (Wildman–Crippen LogP) is -6.44. The Bertz CT molecular complexity index is 381. The van der Waals surface area contributed by atoms with Crippen molar-refractivity contribution in [1.29, 1.82) is 0 Å². The molecule has 0 aliphatic carbocycles. The van der Waals surface area contributed by atoms with Gasteiger partial charge in [0.05, 0.1) is 19.8 Å². The standard InChI is InChI=1S/C12H24O12/c13-1-4(15)7(17)8(18)5(16)3-23-12(22)11(21)10(20)9(19)6(2-14)24-12/h4-11,13-22H,1-3H2/t4-,5+,6-,7-,8-,9-,10+,11-,12?/m1/s1. The quantitative estimate of drug-likeness (QED) is 0.183. The number of hydrogen-bond acceptors (Lipinski definition) is 12. The number of rotatable bonds is 8. The molecule has 1 unspecified atom stereocenters. The largest absolute Gasteiger partial charge is 0.394 e. The first-order valence-corrected chi connectivity index (χ1v) is 7.11. The summed E-state index contributed by atoms with van der Waals surface area (Å²) in [4.78, 5) is 0. The van der Waals surface area contributed by atoms with Crippen LogP contribution in [0.5, 0.6) is 0 Å². The van der Waals surface area contributed by atoms with Gasteiger partial charge in [-0.3, -0.25) is 0 Å². The Hall–Kier alpha value is -0.480. The van der Waals surface area contributed by atoms with E-state index in [2.05, 4.69) is 0 Å². The summed E-state index contributed by atoms with van der Waals surface area (Å²) in [6.45, 7) is -2.66. The Balaban J connectivity index is 2.70. The highest BCUT2D eigenvalue weighted by molar-refractivity contribution is 4.92. The van der Waals surface area contributed by atoms with Crippen LogP contribution in [0.25, 0.3) is 0 Å². The third-order valence-corrected chi connectivity index (χ3v) is 3.71. The smallest absolute Gasteiger partial charge is 0.311 e. The molecule has 24 heavy (non-hydrogen) atoms. The molecule has 10 N–H and O–H groups in total. The molecule has 0 radical (unpaired) electrons. The van der Waals surface area contributed by atoms with E-state index >= 15 is 0 Å². The van der Waals surface area contributed by atoms with Crippen LogP contribution in [0.15, 0.2) is 0 Å². The van der Waals surface area contributed by atoms with Crippen LogP contribution in [0.4, 0.5) is 0 Å². The Morgan fingerprint density at radius 2 is 1.46 bits per heavy atom. The maximum absolute atomic E-state index is 10.0. The second-order valence-corrected chi connectivity index (χ2v) is 5.51. The molecule has 0 aromatic heterocycles. The van der Waals surface area contributed by atoms with Crippen LogP contribution in [0.1, 0.15) is 0 Å². The molecule has 1 saturated heterocycles. The third-order valence-electron chi connectivity index (χ3n) is 3.71. The molecule has 9 atom stereocenters. The minimum Gasteiger partial charge on any atom is -0.394 e. The predicted molar refractivity (Wildman–Crippen MR) is 72.0 cm³/mol. The molecule has 1 aliphatic rings. The van der Waals surface area contributed by atoms with Crippen molar-refractivity contribution < 1.29 is 60.5 Å². The van der Waals surface area contributed by atoms with Gasteiger partial charge in [-0.2, -0.15) is 0 Å². The van der Waals surface area contributed by atoms with Crippen LogP contribution >= 0.6 is 0 Å². The van der Waals surface area contributed by atoms with Crippen molar-refractivity contribution in [3.8, 4) is 0 Å². The van der Waals surface area contributed by atoms with Gasteiger partial charge in [0.25, 0.3) is 0 Å². The molecule has 0 saturated carbocycles. The molecular weight excluding hydrogens is 336 g/mol. The van der Waals surface area contributed by atoms with Gasteiger partial charge >= 0.3 is 5.97 Å². The Morgan fingerprint density at radius 1 is 0.917 bits per heavy atom. The van der Waals surface area contributed by atoms with Crippen molar-refractivity contribution in [2.75, 3.05) is 19.8 Å². The zero-order valence-corrected chi connectivity index (χ0v) is 12.5. The van der Waals surface area contributed by atoms with Gasteiger partial charge in [-0.15, -0.1) is 0 Å². The second-order valence-electron chi connectivity index (χ2n) is 5.51. The molecule has 1 aliphatic heterocycles. The second kappa shape index (κ2) is 8.75. The fourth-order valence-electron chi connectivity index (χ4n) is 2.11. The summed E-state index contributed by atoms with van der Waals surface area (Å²) in [6.07, 6.45) is -14.9. The Labute approximate surface area is 136 Å². The van der Waals surface area contributed by atoms with E-state index in [-0.39, 0.29) is 0 Å². The highest BCUT2D eigenvalue weighted by Crippen LogP contribution is 2.29. The summed E-state index contributed by atoms with van der Waals surface area (Å²) in [7, 11) is 0. The first kappa shape index (κ1) is 21.6. The van der Waals surface area contributed by atoms with E-state index in [1.54, 1.807) is 0 Å². The molecule has 1 heterocycles. The maximum atomic E-state index is 10.0. The molecule has 1 fully saturated rings. The lowest BCUT2D eigenvalue weighted by molar-refractivity contribution is -0.451. The van der Waals surface area contributed by atoms with Crippen LogP contribution in [0, 0.1) is 0 Å². The van der Waals surface area contributed by atoms with E-state index in [0.29, 0.717) is 0 Å². The van der Waals surface area contributed by atoms with Gasteiger partial charge < -0.3 is 60.5 Å². The average molecular weight is 360 g/mol. The topological polar surface area (TPSA) is 221 Å². The lowest BCUT2D eigenvalue weighted by Crippen LogP contribution is -2.66. The minimum atomic E-state index is -2.92. The van der Waals surface area contributed by atoms with Crippen LogP contribution in [0.3, 0.4) is 0 Å². The van der Waals surface area contributed by atoms with Crippen molar-refractivity contribution in [3.63, 3.8) is 0 Å². The van der Waals surface area contributed by atoms with E-state index in [1.807, 2.05) is 0 Å². The molecule has 12 nitrogen and oxygen atoms in total. The molecule has 1 rings (SSSR count). The zero-order valence-electron chi connectivity index (χ0n) is 12.5. The third kappa shape index (κ3) is 4.57. The lowest BCUT2D eigenvalue weighted by Gasteiger charge is -2.44. The van der Waals surface area contributed by atoms with Gasteiger partial charge in [0.15, 0.2) is 6.10 Å². The summed E-state index contributed by atoms with van der Waals surface area (Å²) < 4.78 is 9.47. The van der Waals surface area contributed by atoms with Crippen molar-refractivity contribution >= 4 is 0 Å². The van der Waals surface area contributed by atoms with E-state index in [9.17, 15) is 40.9 Å². The summed E-state index contributed by atoms with van der Waals surface area (Å²) in [5.74, 6) is -2.92. The van der Waals surface area contributed by atoms with Gasteiger partial charge in [-0.25, -0.2) is 0 Å². The fraction of sp³-hybridized carbons (Fsp3) is 1.00. The van der Waals surface area contributed by atoms with Gasteiger partial charge in [-0.1, -0.05) is 0 Å². The van der Waals surface area contributed by atoms with Crippen LogP contribution in [0.2, 0.25) is 0 Å². The summed E-state index contributed by atoms with van der Waals surface area (Å²) in [5, 5.41) is 94.4. The first-order chi connectivity index (χ1) is 11.1. The minimum absolute atomic E-state index is 0.830. The molecule has 0 aromatic rings. The van der Waals surface area contributed by atoms with E-state index in [0.717, 1.165) is 0 Å². The van der Waals surface area contributed by atoms with Gasteiger partial charge in [-0.05, 0) is 0 Å². The number of ether oxygens (including phenoxy) is 2. The average Bonchev–Trinajstić information content (AvgIpc) is 2.59. The molecule has 0 aromatic carbocycles. The Morgan fingerprint density at radius 3 is 1.96 bits per heavy atom. The highest BCUT2D eigenvalue weighted by atomic mass is 16.8. The van der Waals surface area contributed by atoms with E-state index < -0.39 is 74.6 Å². The zero-order chi connectivity index (χ0) is 18.7. The molecule has 12 heteroatoms. The monoisotopic (exact) mass is 360 g/mol. The summed E-state index contributed by atoms with van der Waals surface area (Å²) >= 11 is 0.